The van der Waals surface area contributed by atoms with Gasteiger partial charge >= 0.3 is 12.0 Å². The molecule has 0 aliphatic carbocycles. The van der Waals surface area contributed by atoms with Crippen LogP contribution in [0.1, 0.15) is 33.6 Å². The monoisotopic (exact) mass is 271 g/mol. The summed E-state index contributed by atoms with van der Waals surface area (Å²) in [5.74, 6) is -0.905. The number of hydrogen-bond acceptors (Lipinski definition) is 3. The summed E-state index contributed by atoms with van der Waals surface area (Å²) in [5.41, 5.74) is -0.719. The summed E-state index contributed by atoms with van der Waals surface area (Å²) in [6.07, 6.45) is 1.05. The molecule has 1 rings (SSSR count). The average Bonchev–Trinajstić information content (AvgIpc) is 2.27. The van der Waals surface area contributed by atoms with Gasteiger partial charge in [-0.15, -0.1) is 0 Å². The van der Waals surface area contributed by atoms with Gasteiger partial charge < -0.3 is 15.3 Å². The van der Waals surface area contributed by atoms with Crippen LogP contribution in [0.15, 0.2) is 0 Å². The van der Waals surface area contributed by atoms with Crippen molar-refractivity contribution < 1.29 is 14.7 Å². The van der Waals surface area contributed by atoms with Crippen molar-refractivity contribution in [2.75, 3.05) is 32.7 Å². The van der Waals surface area contributed by atoms with Crippen LogP contribution in [0, 0.1) is 0 Å². The molecule has 1 heterocycles. The van der Waals surface area contributed by atoms with Gasteiger partial charge in [0, 0.05) is 31.7 Å². The highest BCUT2D eigenvalue weighted by Crippen LogP contribution is 2.10. The number of amides is 2. The van der Waals surface area contributed by atoms with Crippen molar-refractivity contribution in [3.8, 4) is 0 Å². The number of carboxylic acids is 1. The number of rotatable bonds is 5. The summed E-state index contributed by atoms with van der Waals surface area (Å²) in [4.78, 5) is 26.9. The van der Waals surface area contributed by atoms with Crippen LogP contribution in [0.3, 0.4) is 0 Å². The van der Waals surface area contributed by atoms with Crippen molar-refractivity contribution in [1.29, 1.82) is 0 Å². The highest BCUT2D eigenvalue weighted by atomic mass is 16.4. The highest BCUT2D eigenvalue weighted by Gasteiger charge is 2.27. The van der Waals surface area contributed by atoms with E-state index >= 15 is 0 Å². The minimum Gasteiger partial charge on any atom is -0.481 e. The molecule has 0 aromatic carbocycles. The molecule has 0 unspecified atom stereocenters. The summed E-state index contributed by atoms with van der Waals surface area (Å²) >= 11 is 0. The zero-order valence-electron chi connectivity index (χ0n) is 12.1. The SMILES string of the molecule is CCCN1CCN(C(=O)NC(C)(C)CC(=O)O)CC1. The van der Waals surface area contributed by atoms with Crippen LogP contribution in [-0.4, -0.2) is 65.2 Å². The number of carbonyl (C=O) groups is 2. The lowest BCUT2D eigenvalue weighted by atomic mass is 10.0. The van der Waals surface area contributed by atoms with E-state index in [1.54, 1.807) is 18.7 Å². The molecule has 6 heteroatoms. The van der Waals surface area contributed by atoms with E-state index in [4.69, 9.17) is 5.11 Å². The average molecular weight is 271 g/mol. The van der Waals surface area contributed by atoms with Gasteiger partial charge in [-0.1, -0.05) is 6.92 Å². The molecule has 2 amide bonds. The molecule has 0 aromatic heterocycles. The lowest BCUT2D eigenvalue weighted by molar-refractivity contribution is -0.138. The smallest absolute Gasteiger partial charge is 0.317 e. The van der Waals surface area contributed by atoms with Crippen LogP contribution in [0.4, 0.5) is 4.79 Å². The molecule has 0 spiro atoms. The predicted octanol–water partition coefficient (Wildman–Crippen LogP) is 0.977. The Morgan fingerprint density at radius 1 is 1.21 bits per heavy atom. The first kappa shape index (κ1) is 15.8. The van der Waals surface area contributed by atoms with Crippen LogP contribution in [0.2, 0.25) is 0 Å². The van der Waals surface area contributed by atoms with Gasteiger partial charge in [0.15, 0.2) is 0 Å². The lowest BCUT2D eigenvalue weighted by Gasteiger charge is -2.36. The van der Waals surface area contributed by atoms with Gasteiger partial charge in [0.05, 0.1) is 6.42 Å². The Hall–Kier alpha value is -1.30. The third-order valence-corrected chi connectivity index (χ3v) is 3.24. The van der Waals surface area contributed by atoms with Gasteiger partial charge in [-0.25, -0.2) is 4.79 Å². The van der Waals surface area contributed by atoms with Gasteiger partial charge in [-0.3, -0.25) is 9.69 Å². The minimum absolute atomic E-state index is 0.0749. The van der Waals surface area contributed by atoms with Crippen molar-refractivity contribution in [2.24, 2.45) is 0 Å². The first-order valence-corrected chi connectivity index (χ1v) is 6.85. The molecule has 1 fully saturated rings. The molecule has 1 aliphatic heterocycles. The Kier molecular flexibility index (Phi) is 5.60. The summed E-state index contributed by atoms with van der Waals surface area (Å²) < 4.78 is 0. The van der Waals surface area contributed by atoms with E-state index < -0.39 is 11.5 Å². The molecule has 1 saturated heterocycles. The molecule has 110 valence electrons. The molecular weight excluding hydrogens is 246 g/mol. The normalized spacial score (nSPS) is 17.3. The van der Waals surface area contributed by atoms with E-state index in [0.717, 1.165) is 26.1 Å². The molecule has 6 nitrogen and oxygen atoms in total. The van der Waals surface area contributed by atoms with E-state index in [1.165, 1.54) is 0 Å². The van der Waals surface area contributed by atoms with Gasteiger partial charge in [-0.05, 0) is 26.8 Å². The Morgan fingerprint density at radius 2 is 1.79 bits per heavy atom. The zero-order valence-corrected chi connectivity index (χ0v) is 12.1. The van der Waals surface area contributed by atoms with Crippen molar-refractivity contribution in [2.45, 2.75) is 39.2 Å². The fraction of sp³-hybridized carbons (Fsp3) is 0.846. The Balaban J connectivity index is 2.41. The number of carbonyl (C=O) groups excluding carboxylic acids is 1. The summed E-state index contributed by atoms with van der Waals surface area (Å²) in [7, 11) is 0. The van der Waals surface area contributed by atoms with Gasteiger partial charge in [0.2, 0.25) is 0 Å². The largest absolute Gasteiger partial charge is 0.481 e. The first-order valence-electron chi connectivity index (χ1n) is 6.85. The summed E-state index contributed by atoms with van der Waals surface area (Å²) in [6.45, 7) is 9.86. The van der Waals surface area contributed by atoms with Crippen molar-refractivity contribution >= 4 is 12.0 Å². The molecule has 0 atom stereocenters. The zero-order chi connectivity index (χ0) is 14.5. The number of nitrogens with zero attached hydrogens (tertiary/aromatic N) is 2. The van der Waals surface area contributed by atoms with Crippen LogP contribution in [-0.2, 0) is 4.79 Å². The molecule has 0 aromatic rings. The second kappa shape index (κ2) is 6.75. The van der Waals surface area contributed by atoms with E-state index in [0.29, 0.717) is 13.1 Å². The van der Waals surface area contributed by atoms with E-state index in [-0.39, 0.29) is 12.5 Å². The number of aliphatic carboxylic acids is 1. The maximum absolute atomic E-state index is 12.1. The van der Waals surface area contributed by atoms with Crippen LogP contribution >= 0.6 is 0 Å². The quantitative estimate of drug-likeness (QED) is 0.781. The maximum Gasteiger partial charge on any atom is 0.317 e. The van der Waals surface area contributed by atoms with Gasteiger partial charge in [0.1, 0.15) is 0 Å². The summed E-state index contributed by atoms with van der Waals surface area (Å²) in [6, 6.07) is -0.164. The van der Waals surface area contributed by atoms with E-state index in [2.05, 4.69) is 17.1 Å². The fourth-order valence-corrected chi connectivity index (χ4v) is 2.28. The molecule has 0 bridgehead atoms. The Labute approximate surface area is 114 Å². The molecule has 0 saturated carbocycles. The highest BCUT2D eigenvalue weighted by molar-refractivity contribution is 5.76. The third kappa shape index (κ3) is 5.46. The number of nitrogens with one attached hydrogen (secondary N) is 1. The third-order valence-electron chi connectivity index (χ3n) is 3.24. The van der Waals surface area contributed by atoms with E-state index in [1.807, 2.05) is 0 Å². The van der Waals surface area contributed by atoms with E-state index in [9.17, 15) is 9.59 Å². The maximum atomic E-state index is 12.1. The van der Waals surface area contributed by atoms with Gasteiger partial charge in [0.25, 0.3) is 0 Å². The molecule has 2 N–H and O–H groups in total. The Morgan fingerprint density at radius 3 is 2.26 bits per heavy atom. The number of urea groups is 1. The van der Waals surface area contributed by atoms with Gasteiger partial charge in [-0.2, -0.15) is 0 Å². The molecule has 19 heavy (non-hydrogen) atoms. The Bertz CT molecular complexity index is 323. The van der Waals surface area contributed by atoms with Crippen LogP contribution in [0.25, 0.3) is 0 Å². The number of hydrogen-bond donors (Lipinski definition) is 2. The van der Waals surface area contributed by atoms with Crippen molar-refractivity contribution in [3.63, 3.8) is 0 Å². The topological polar surface area (TPSA) is 72.9 Å². The molecule has 0 radical (unpaired) electrons. The number of piperazine rings is 1. The lowest BCUT2D eigenvalue weighted by Crippen LogP contribution is -2.56. The van der Waals surface area contributed by atoms with Crippen LogP contribution < -0.4 is 5.32 Å². The van der Waals surface area contributed by atoms with Crippen LogP contribution in [0.5, 0.6) is 0 Å². The second-order valence-electron chi connectivity index (χ2n) is 5.71. The molecular formula is C13H25N3O3. The molecule has 1 aliphatic rings. The summed E-state index contributed by atoms with van der Waals surface area (Å²) in [5, 5.41) is 11.6. The second-order valence-corrected chi connectivity index (χ2v) is 5.71. The predicted molar refractivity (Wildman–Crippen MR) is 73.2 cm³/mol. The van der Waals surface area contributed by atoms with Crippen molar-refractivity contribution in [3.05, 3.63) is 0 Å². The fourth-order valence-electron chi connectivity index (χ4n) is 2.28. The minimum atomic E-state index is -0.905. The van der Waals surface area contributed by atoms with Crippen molar-refractivity contribution in [1.82, 2.24) is 15.1 Å². The number of carboxylic acid groups (broad SMARTS) is 1. The first-order chi connectivity index (χ1) is 8.84. The standard InChI is InChI=1S/C13H25N3O3/c1-4-5-15-6-8-16(9-7-15)12(19)14-13(2,3)10-11(17)18/h4-10H2,1-3H3,(H,14,19)(H,17,18).